The predicted octanol–water partition coefficient (Wildman–Crippen LogP) is 5.21. The number of furan rings is 1. The molecule has 150 valence electrons. The van der Waals surface area contributed by atoms with Crippen molar-refractivity contribution >= 4 is 23.4 Å². The van der Waals surface area contributed by atoms with Gasteiger partial charge in [-0.05, 0) is 36.8 Å². The summed E-state index contributed by atoms with van der Waals surface area (Å²) in [4.78, 5) is 13.0. The Labute approximate surface area is 175 Å². The van der Waals surface area contributed by atoms with Crippen LogP contribution in [0.25, 0.3) is 5.70 Å². The average Bonchev–Trinajstić information content (AvgIpc) is 3.28. The third-order valence-electron chi connectivity index (χ3n) is 4.58. The number of carbonyl (C=O) groups is 1. The minimum atomic E-state index is -0.616. The van der Waals surface area contributed by atoms with Gasteiger partial charge in [-0.2, -0.15) is 5.26 Å². The molecule has 29 heavy (non-hydrogen) atoms. The zero-order valence-corrected chi connectivity index (χ0v) is 17.4. The van der Waals surface area contributed by atoms with Crippen LogP contribution in [0.15, 0.2) is 69.3 Å². The first-order valence-electron chi connectivity index (χ1n) is 9.75. The van der Waals surface area contributed by atoms with Crippen LogP contribution in [0, 0.1) is 11.3 Å². The molecule has 2 heterocycles. The molecule has 1 aliphatic heterocycles. The summed E-state index contributed by atoms with van der Waals surface area (Å²) < 4.78 is 11.0. The van der Waals surface area contributed by atoms with Crippen molar-refractivity contribution < 1.29 is 13.9 Å². The monoisotopic (exact) mass is 408 g/mol. The van der Waals surface area contributed by atoms with Gasteiger partial charge in [0.05, 0.1) is 46.7 Å². The fourth-order valence-corrected chi connectivity index (χ4v) is 4.35. The lowest BCUT2D eigenvalue weighted by molar-refractivity contribution is -0.138. The summed E-state index contributed by atoms with van der Waals surface area (Å²) in [5.41, 5.74) is 2.38. The van der Waals surface area contributed by atoms with Gasteiger partial charge in [0.1, 0.15) is 5.76 Å². The van der Waals surface area contributed by atoms with E-state index in [1.807, 2.05) is 30.3 Å². The second kappa shape index (κ2) is 10.0. The lowest BCUT2D eigenvalue weighted by Gasteiger charge is -2.29. The van der Waals surface area contributed by atoms with E-state index in [9.17, 15) is 10.1 Å². The number of benzene rings is 1. The Balaban J connectivity index is 2.18. The standard InChI is InChI=1S/C23H24N2O3S/c1-3-5-14-29-22-17(15-24)19(18-12-9-13-28-18)20(23(26)27-4-2)21(25-22)16-10-7-6-8-11-16/h6-13,19,25H,3-5,14H2,1-2H3/t19-/m0/s1. The highest BCUT2D eigenvalue weighted by molar-refractivity contribution is 8.03. The van der Waals surface area contributed by atoms with Crippen molar-refractivity contribution in [1.29, 1.82) is 5.26 Å². The predicted molar refractivity (Wildman–Crippen MR) is 115 cm³/mol. The molecule has 0 unspecified atom stereocenters. The van der Waals surface area contributed by atoms with Gasteiger partial charge in [-0.15, -0.1) is 11.8 Å². The number of nitrogens with zero attached hydrogens (tertiary/aromatic N) is 1. The molecule has 1 aromatic heterocycles. The molecule has 0 radical (unpaired) electrons. The Hall–Kier alpha value is -2.91. The normalized spacial score (nSPS) is 16.4. The quantitative estimate of drug-likeness (QED) is 0.477. The lowest BCUT2D eigenvalue weighted by Crippen LogP contribution is -2.29. The number of rotatable bonds is 8. The molecule has 0 spiro atoms. The number of ether oxygens (including phenoxy) is 1. The molecular weight excluding hydrogens is 384 g/mol. The number of carbonyl (C=O) groups excluding carboxylic acids is 1. The minimum absolute atomic E-state index is 0.249. The topological polar surface area (TPSA) is 75.3 Å². The van der Waals surface area contributed by atoms with E-state index in [0.717, 1.165) is 29.2 Å². The Kier molecular flexibility index (Phi) is 7.20. The van der Waals surface area contributed by atoms with Crippen LogP contribution < -0.4 is 5.32 Å². The van der Waals surface area contributed by atoms with Gasteiger partial charge in [0, 0.05) is 0 Å². The molecule has 1 atom stereocenters. The lowest BCUT2D eigenvalue weighted by atomic mass is 9.84. The van der Waals surface area contributed by atoms with Gasteiger partial charge >= 0.3 is 5.97 Å². The second-order valence-corrected chi connectivity index (χ2v) is 7.61. The summed E-state index contributed by atoms with van der Waals surface area (Å²) in [5.74, 6) is 0.361. The SMILES string of the molecule is CCCCSC1=C(C#N)[C@@H](c2ccco2)C(C(=O)OCC)=C(c2ccccc2)N1. The molecule has 0 bridgehead atoms. The maximum absolute atomic E-state index is 13.0. The van der Waals surface area contributed by atoms with Crippen molar-refractivity contribution in [3.05, 3.63) is 76.2 Å². The first-order valence-corrected chi connectivity index (χ1v) is 10.7. The molecule has 6 heteroatoms. The summed E-state index contributed by atoms with van der Waals surface area (Å²) in [7, 11) is 0. The molecule has 0 fully saturated rings. The molecule has 2 aromatic rings. The highest BCUT2D eigenvalue weighted by Gasteiger charge is 2.38. The fourth-order valence-electron chi connectivity index (χ4n) is 3.22. The highest BCUT2D eigenvalue weighted by atomic mass is 32.2. The molecule has 0 aliphatic carbocycles. The van der Waals surface area contributed by atoms with Crippen LogP contribution >= 0.6 is 11.8 Å². The number of hydrogen-bond donors (Lipinski definition) is 1. The zero-order chi connectivity index (χ0) is 20.6. The highest BCUT2D eigenvalue weighted by Crippen LogP contribution is 2.43. The fraction of sp³-hybridized carbons (Fsp3) is 0.304. The first-order chi connectivity index (χ1) is 14.2. The number of dihydropyridines is 1. The Morgan fingerprint density at radius 2 is 2.03 bits per heavy atom. The number of nitrogens with one attached hydrogen (secondary N) is 1. The number of unbranched alkanes of at least 4 members (excludes halogenated alkanes) is 1. The third kappa shape index (κ3) is 4.57. The molecule has 5 nitrogen and oxygen atoms in total. The summed E-state index contributed by atoms with van der Waals surface area (Å²) in [6.07, 6.45) is 3.66. The van der Waals surface area contributed by atoms with E-state index in [1.54, 1.807) is 37.1 Å². The van der Waals surface area contributed by atoms with E-state index in [0.29, 0.717) is 22.6 Å². The van der Waals surface area contributed by atoms with Crippen molar-refractivity contribution in [1.82, 2.24) is 5.32 Å². The summed E-state index contributed by atoms with van der Waals surface area (Å²) >= 11 is 1.60. The first kappa shape index (κ1) is 20.8. The van der Waals surface area contributed by atoms with Crippen LogP contribution in [0.3, 0.4) is 0 Å². The molecule has 1 aliphatic rings. The van der Waals surface area contributed by atoms with Crippen LogP contribution in [-0.2, 0) is 9.53 Å². The van der Waals surface area contributed by atoms with Crippen LogP contribution in [0.5, 0.6) is 0 Å². The number of esters is 1. The summed E-state index contributed by atoms with van der Waals surface area (Å²) in [6, 6.07) is 15.5. The van der Waals surface area contributed by atoms with E-state index in [1.165, 1.54) is 0 Å². The van der Waals surface area contributed by atoms with E-state index in [-0.39, 0.29) is 6.61 Å². The molecule has 1 N–H and O–H groups in total. The number of thioether (sulfide) groups is 1. The van der Waals surface area contributed by atoms with Gasteiger partial charge in [0.25, 0.3) is 0 Å². The Morgan fingerprint density at radius 1 is 1.24 bits per heavy atom. The van der Waals surface area contributed by atoms with E-state index in [4.69, 9.17) is 9.15 Å². The zero-order valence-electron chi connectivity index (χ0n) is 16.6. The van der Waals surface area contributed by atoms with Gasteiger partial charge in [-0.3, -0.25) is 0 Å². The van der Waals surface area contributed by atoms with Gasteiger partial charge in [0.2, 0.25) is 0 Å². The van der Waals surface area contributed by atoms with E-state index >= 15 is 0 Å². The smallest absolute Gasteiger partial charge is 0.337 e. The molecular formula is C23H24N2O3S. The number of allylic oxidation sites excluding steroid dienone is 1. The van der Waals surface area contributed by atoms with Crippen LogP contribution in [0.1, 0.15) is 43.9 Å². The molecule has 0 saturated heterocycles. The van der Waals surface area contributed by atoms with Crippen molar-refractivity contribution in [2.24, 2.45) is 0 Å². The van der Waals surface area contributed by atoms with Crippen LogP contribution in [-0.4, -0.2) is 18.3 Å². The van der Waals surface area contributed by atoms with Gasteiger partial charge < -0.3 is 14.5 Å². The molecule has 3 rings (SSSR count). The molecule has 1 aromatic carbocycles. The summed E-state index contributed by atoms with van der Waals surface area (Å²) in [5, 5.41) is 14.1. The van der Waals surface area contributed by atoms with Crippen molar-refractivity contribution in [3.8, 4) is 6.07 Å². The van der Waals surface area contributed by atoms with E-state index in [2.05, 4.69) is 18.3 Å². The largest absolute Gasteiger partial charge is 0.468 e. The molecule has 0 amide bonds. The maximum atomic E-state index is 13.0. The Morgan fingerprint density at radius 3 is 2.66 bits per heavy atom. The third-order valence-corrected chi connectivity index (χ3v) is 5.68. The Bertz CT molecular complexity index is 940. The average molecular weight is 409 g/mol. The molecule has 0 saturated carbocycles. The van der Waals surface area contributed by atoms with Crippen molar-refractivity contribution in [2.75, 3.05) is 12.4 Å². The minimum Gasteiger partial charge on any atom is -0.468 e. The van der Waals surface area contributed by atoms with Gasteiger partial charge in [0.15, 0.2) is 0 Å². The number of hydrogen-bond acceptors (Lipinski definition) is 6. The van der Waals surface area contributed by atoms with Crippen LogP contribution in [0.4, 0.5) is 0 Å². The van der Waals surface area contributed by atoms with Crippen molar-refractivity contribution in [3.63, 3.8) is 0 Å². The second-order valence-electron chi connectivity index (χ2n) is 6.51. The maximum Gasteiger partial charge on any atom is 0.337 e. The van der Waals surface area contributed by atoms with Crippen molar-refractivity contribution in [2.45, 2.75) is 32.6 Å². The number of nitriles is 1. The summed E-state index contributed by atoms with van der Waals surface area (Å²) in [6.45, 7) is 4.15. The van der Waals surface area contributed by atoms with Gasteiger partial charge in [-0.1, -0.05) is 43.7 Å². The van der Waals surface area contributed by atoms with Crippen LogP contribution in [0.2, 0.25) is 0 Å². The van der Waals surface area contributed by atoms with E-state index < -0.39 is 11.9 Å². The van der Waals surface area contributed by atoms with Gasteiger partial charge in [-0.25, -0.2) is 4.79 Å².